The third-order valence-electron chi connectivity index (χ3n) is 10.6. The summed E-state index contributed by atoms with van der Waals surface area (Å²) in [6.45, 7) is 6.73. The van der Waals surface area contributed by atoms with Crippen LogP contribution in [0.4, 0.5) is 0 Å². The first-order valence-corrected chi connectivity index (χ1v) is 21.3. The van der Waals surface area contributed by atoms with Gasteiger partial charge in [-0.2, -0.15) is 0 Å². The van der Waals surface area contributed by atoms with Crippen molar-refractivity contribution in [2.75, 3.05) is 59.3 Å². The molecule has 318 valence electrons. The Bertz CT molecular complexity index is 1710. The molecule has 0 bridgehead atoms. The lowest BCUT2D eigenvalue weighted by atomic mass is 10.0. The SMILES string of the molecule is O=[N+]([O-])C(COCCN(Cc1ccccc1)Cc1ccccc1)(COCCN(Cc1ccccc1)Cc1ccccc1)COCCN(Cc1ccccc1)Cc1ccccc1. The Kier molecular flexibility index (Phi) is 18.7. The fourth-order valence-corrected chi connectivity index (χ4v) is 7.34. The van der Waals surface area contributed by atoms with Crippen molar-refractivity contribution >= 4 is 0 Å². The molecule has 0 aliphatic carbocycles. The van der Waals surface area contributed by atoms with Crippen LogP contribution in [0.3, 0.4) is 0 Å². The van der Waals surface area contributed by atoms with Gasteiger partial charge < -0.3 is 14.2 Å². The normalized spacial score (nSPS) is 11.7. The number of benzene rings is 6. The van der Waals surface area contributed by atoms with Crippen LogP contribution in [0.5, 0.6) is 0 Å². The van der Waals surface area contributed by atoms with E-state index in [0.29, 0.717) is 39.5 Å². The average Bonchev–Trinajstić information content (AvgIpc) is 3.29. The van der Waals surface area contributed by atoms with Gasteiger partial charge in [-0.25, -0.2) is 0 Å². The highest BCUT2D eigenvalue weighted by Crippen LogP contribution is 2.17. The van der Waals surface area contributed by atoms with Crippen LogP contribution >= 0.6 is 0 Å². The van der Waals surface area contributed by atoms with Gasteiger partial charge in [0.25, 0.3) is 5.54 Å². The standard InChI is InChI=1S/C52H60N4O5/c57-56(58)52(43-59-34-31-53(37-46-19-7-1-8-20-46)38-47-21-9-2-10-22-47,44-60-35-32-54(39-48-23-11-3-12-24-48)40-49-25-13-4-14-26-49)45-61-36-33-55(41-50-27-15-5-16-28-50)42-51-29-17-6-18-30-51/h1-30H,31-45H2. The van der Waals surface area contributed by atoms with Gasteiger partial charge in [0.15, 0.2) is 0 Å². The van der Waals surface area contributed by atoms with Crippen molar-refractivity contribution in [1.29, 1.82) is 0 Å². The zero-order valence-electron chi connectivity index (χ0n) is 35.3. The van der Waals surface area contributed by atoms with Crippen molar-refractivity contribution in [2.45, 2.75) is 44.8 Å². The van der Waals surface area contributed by atoms with Crippen molar-refractivity contribution < 1.29 is 19.1 Å². The maximum absolute atomic E-state index is 13.2. The summed E-state index contributed by atoms with van der Waals surface area (Å²) in [5, 5.41) is 13.2. The molecule has 0 heterocycles. The molecule has 6 aromatic rings. The molecule has 9 heteroatoms. The Labute approximate surface area is 362 Å². The fraction of sp³-hybridized carbons (Fsp3) is 0.308. The summed E-state index contributed by atoms with van der Waals surface area (Å²) in [4.78, 5) is 19.9. The van der Waals surface area contributed by atoms with Gasteiger partial charge in [0.05, 0.1) is 19.8 Å². The monoisotopic (exact) mass is 820 g/mol. The molecule has 0 atom stereocenters. The Morgan fingerprint density at radius 2 is 0.557 bits per heavy atom. The summed E-state index contributed by atoms with van der Waals surface area (Å²) < 4.78 is 18.8. The molecule has 9 nitrogen and oxygen atoms in total. The van der Waals surface area contributed by atoms with E-state index in [1.165, 1.54) is 33.4 Å². The molecule has 0 amide bonds. The molecule has 0 aliphatic rings. The van der Waals surface area contributed by atoms with Gasteiger partial charge in [0.1, 0.15) is 19.8 Å². The van der Waals surface area contributed by atoms with Crippen molar-refractivity contribution in [2.24, 2.45) is 0 Å². The van der Waals surface area contributed by atoms with Crippen LogP contribution in [0.1, 0.15) is 33.4 Å². The van der Waals surface area contributed by atoms with Crippen molar-refractivity contribution in [3.05, 3.63) is 225 Å². The van der Waals surface area contributed by atoms with Crippen LogP contribution in [0.2, 0.25) is 0 Å². The Morgan fingerprint density at radius 3 is 0.738 bits per heavy atom. The predicted molar refractivity (Wildman–Crippen MR) is 243 cm³/mol. The summed E-state index contributed by atoms with van der Waals surface area (Å²) in [6, 6.07) is 62.1. The first kappa shape index (κ1) is 45.0. The lowest BCUT2D eigenvalue weighted by molar-refractivity contribution is -0.583. The van der Waals surface area contributed by atoms with Gasteiger partial charge in [-0.3, -0.25) is 24.8 Å². The maximum atomic E-state index is 13.2. The average molecular weight is 821 g/mol. The van der Waals surface area contributed by atoms with Crippen molar-refractivity contribution in [3.8, 4) is 0 Å². The minimum absolute atomic E-state index is 0.139. The molecule has 0 spiro atoms. The molecule has 0 saturated heterocycles. The summed E-state index contributed by atoms with van der Waals surface area (Å²) >= 11 is 0. The number of nitro groups is 1. The number of hydrogen-bond acceptors (Lipinski definition) is 8. The van der Waals surface area contributed by atoms with E-state index in [9.17, 15) is 10.1 Å². The van der Waals surface area contributed by atoms with Crippen LogP contribution in [-0.2, 0) is 53.5 Å². The molecular formula is C52H60N4O5. The van der Waals surface area contributed by atoms with Gasteiger partial charge in [-0.15, -0.1) is 0 Å². The van der Waals surface area contributed by atoms with Gasteiger partial charge in [-0.1, -0.05) is 182 Å². The van der Waals surface area contributed by atoms with E-state index < -0.39 is 5.54 Å². The number of rotatable bonds is 28. The van der Waals surface area contributed by atoms with E-state index in [-0.39, 0.29) is 24.7 Å². The van der Waals surface area contributed by atoms with Gasteiger partial charge in [0, 0.05) is 63.8 Å². The molecular weight excluding hydrogens is 761 g/mol. The molecule has 0 saturated carbocycles. The zero-order chi connectivity index (χ0) is 42.2. The number of ether oxygens (including phenoxy) is 3. The zero-order valence-corrected chi connectivity index (χ0v) is 35.3. The van der Waals surface area contributed by atoms with Gasteiger partial charge >= 0.3 is 0 Å². The lowest BCUT2D eigenvalue weighted by Gasteiger charge is -2.28. The quantitative estimate of drug-likeness (QED) is 0.0276. The first-order valence-electron chi connectivity index (χ1n) is 21.3. The molecule has 6 rings (SSSR count). The number of hydrogen-bond donors (Lipinski definition) is 0. The Hall–Kier alpha value is -5.52. The van der Waals surface area contributed by atoms with Crippen LogP contribution < -0.4 is 0 Å². The second-order valence-corrected chi connectivity index (χ2v) is 15.7. The minimum atomic E-state index is -1.60. The highest BCUT2D eigenvalue weighted by molar-refractivity contribution is 5.20. The molecule has 0 fully saturated rings. The molecule has 0 aromatic heterocycles. The van der Waals surface area contributed by atoms with Gasteiger partial charge in [0.2, 0.25) is 0 Å². The third kappa shape index (κ3) is 16.1. The van der Waals surface area contributed by atoms with E-state index in [4.69, 9.17) is 14.2 Å². The second kappa shape index (κ2) is 25.3. The van der Waals surface area contributed by atoms with E-state index in [2.05, 4.69) is 87.5 Å². The smallest absolute Gasteiger partial charge is 0.290 e. The summed E-state index contributed by atoms with van der Waals surface area (Å²) in [5.41, 5.74) is 5.58. The lowest BCUT2D eigenvalue weighted by Crippen LogP contribution is -2.52. The molecule has 0 radical (unpaired) electrons. The maximum Gasteiger partial charge on any atom is 0.290 e. The summed E-state index contributed by atoms with van der Waals surface area (Å²) in [5.74, 6) is 0. The second-order valence-electron chi connectivity index (χ2n) is 15.7. The van der Waals surface area contributed by atoms with E-state index in [1.807, 2.05) is 109 Å². The van der Waals surface area contributed by atoms with Crippen LogP contribution in [0.25, 0.3) is 0 Å². The van der Waals surface area contributed by atoms with E-state index in [1.54, 1.807) is 0 Å². The van der Waals surface area contributed by atoms with Crippen LogP contribution in [-0.4, -0.2) is 84.4 Å². The number of nitrogens with zero attached hydrogens (tertiary/aromatic N) is 4. The highest BCUT2D eigenvalue weighted by Gasteiger charge is 2.44. The van der Waals surface area contributed by atoms with Gasteiger partial charge in [-0.05, 0) is 33.4 Å². The largest absolute Gasteiger partial charge is 0.372 e. The summed E-state index contributed by atoms with van der Waals surface area (Å²) in [7, 11) is 0. The van der Waals surface area contributed by atoms with Crippen molar-refractivity contribution in [1.82, 2.24) is 14.7 Å². The molecule has 0 N–H and O–H groups in total. The molecule has 61 heavy (non-hydrogen) atoms. The molecule has 0 unspecified atom stereocenters. The third-order valence-corrected chi connectivity index (χ3v) is 10.6. The molecule has 0 aliphatic heterocycles. The minimum Gasteiger partial charge on any atom is -0.372 e. The summed E-state index contributed by atoms with van der Waals surface area (Å²) in [6.07, 6.45) is 0. The van der Waals surface area contributed by atoms with E-state index in [0.717, 1.165) is 39.3 Å². The molecule has 6 aromatic carbocycles. The topological polar surface area (TPSA) is 80.5 Å². The van der Waals surface area contributed by atoms with Crippen molar-refractivity contribution in [3.63, 3.8) is 0 Å². The highest BCUT2D eigenvalue weighted by atomic mass is 16.6. The Morgan fingerprint density at radius 1 is 0.361 bits per heavy atom. The van der Waals surface area contributed by atoms with Crippen LogP contribution in [0.15, 0.2) is 182 Å². The van der Waals surface area contributed by atoms with Crippen LogP contribution in [0, 0.1) is 10.1 Å². The fourth-order valence-electron chi connectivity index (χ4n) is 7.34. The Balaban J connectivity index is 1.11. The predicted octanol–water partition coefficient (Wildman–Crippen LogP) is 9.16. The van der Waals surface area contributed by atoms with E-state index >= 15 is 0 Å². The first-order chi connectivity index (χ1) is 30.0.